The Kier molecular flexibility index (Phi) is 2.09. The van der Waals surface area contributed by atoms with Crippen LogP contribution in [0, 0.1) is 0 Å². The number of para-hydroxylation sites is 1. The fraction of sp³-hybridized carbons (Fsp3) is 0. The van der Waals surface area contributed by atoms with Gasteiger partial charge in [-0.2, -0.15) is 0 Å². The zero-order chi connectivity index (χ0) is 14.7. The van der Waals surface area contributed by atoms with Gasteiger partial charge in [-0.25, -0.2) is 4.79 Å². The molecule has 2 heterocycles. The zero-order valence-electron chi connectivity index (χ0n) is 11.5. The normalized spacial score (nSPS) is 11.8. The van der Waals surface area contributed by atoms with Crippen LogP contribution in [0.4, 0.5) is 0 Å². The van der Waals surface area contributed by atoms with Crippen LogP contribution in [0.15, 0.2) is 74.5 Å². The quantitative estimate of drug-likeness (QED) is 0.302. The summed E-state index contributed by atoms with van der Waals surface area (Å²) in [5.41, 5.74) is 0.823. The number of hydrogen-bond acceptors (Lipinski definition) is 3. The second-order valence-corrected chi connectivity index (χ2v) is 5.34. The van der Waals surface area contributed by atoms with Crippen LogP contribution in [0.1, 0.15) is 0 Å². The second kappa shape index (κ2) is 3.98. The second-order valence-electron chi connectivity index (χ2n) is 5.34. The summed E-state index contributed by atoms with van der Waals surface area (Å²) in [5, 5.41) is 5.38. The van der Waals surface area contributed by atoms with E-state index in [-0.39, 0.29) is 5.63 Å². The Labute approximate surface area is 124 Å². The Morgan fingerprint density at radius 3 is 2.27 bits per heavy atom. The highest BCUT2D eigenvalue weighted by Gasteiger charge is 2.17. The van der Waals surface area contributed by atoms with Gasteiger partial charge in [0.15, 0.2) is 0 Å². The van der Waals surface area contributed by atoms with E-state index < -0.39 is 0 Å². The van der Waals surface area contributed by atoms with Crippen molar-refractivity contribution in [2.45, 2.75) is 0 Å². The first-order valence-corrected chi connectivity index (χ1v) is 7.08. The lowest BCUT2D eigenvalue weighted by atomic mass is 9.97. The van der Waals surface area contributed by atoms with Crippen LogP contribution < -0.4 is 5.63 Å². The molecule has 3 heteroatoms. The summed E-state index contributed by atoms with van der Waals surface area (Å²) in [6, 6.07) is 17.6. The van der Waals surface area contributed by atoms with Gasteiger partial charge in [-0.05, 0) is 22.9 Å². The number of benzene rings is 3. The standard InChI is InChI=1S/C19H10O3/c20-19-17-16(14-7-3-4-8-15(14)22-19)12-6-2-1-5-11(12)13-9-10-21-18(13)17/h1-10H. The summed E-state index contributed by atoms with van der Waals surface area (Å²) in [6.45, 7) is 0. The molecule has 2 aromatic heterocycles. The minimum Gasteiger partial charge on any atom is -0.463 e. The fourth-order valence-corrected chi connectivity index (χ4v) is 3.29. The number of fused-ring (bicyclic) bond motifs is 8. The molecule has 0 bridgehead atoms. The highest BCUT2D eigenvalue weighted by molar-refractivity contribution is 6.29. The third-order valence-corrected chi connectivity index (χ3v) is 4.19. The smallest absolute Gasteiger partial charge is 0.348 e. The molecule has 104 valence electrons. The van der Waals surface area contributed by atoms with E-state index in [4.69, 9.17) is 8.83 Å². The lowest BCUT2D eigenvalue weighted by Crippen LogP contribution is -2.00. The monoisotopic (exact) mass is 286 g/mol. The van der Waals surface area contributed by atoms with Gasteiger partial charge in [0.25, 0.3) is 0 Å². The number of rotatable bonds is 0. The van der Waals surface area contributed by atoms with Crippen molar-refractivity contribution in [3.8, 4) is 0 Å². The van der Waals surface area contributed by atoms with E-state index in [1.54, 1.807) is 6.26 Å². The van der Waals surface area contributed by atoms with E-state index in [2.05, 4.69) is 6.07 Å². The summed E-state index contributed by atoms with van der Waals surface area (Å²) < 4.78 is 11.1. The predicted octanol–water partition coefficient (Wildman–Crippen LogP) is 4.85. The molecule has 0 aliphatic carbocycles. The largest absolute Gasteiger partial charge is 0.463 e. The summed E-state index contributed by atoms with van der Waals surface area (Å²) in [6.07, 6.45) is 1.62. The van der Waals surface area contributed by atoms with E-state index in [0.717, 1.165) is 26.9 Å². The van der Waals surface area contributed by atoms with Gasteiger partial charge < -0.3 is 8.83 Å². The molecule has 0 saturated carbocycles. The van der Waals surface area contributed by atoms with Crippen molar-refractivity contribution in [2.24, 2.45) is 0 Å². The van der Waals surface area contributed by atoms with Gasteiger partial charge in [0.1, 0.15) is 16.6 Å². The van der Waals surface area contributed by atoms with Crippen molar-refractivity contribution in [1.82, 2.24) is 0 Å². The highest BCUT2D eigenvalue weighted by Crippen LogP contribution is 2.37. The molecule has 3 aromatic carbocycles. The molecule has 0 fully saturated rings. The van der Waals surface area contributed by atoms with Crippen LogP contribution in [0.5, 0.6) is 0 Å². The molecule has 0 aliphatic heterocycles. The van der Waals surface area contributed by atoms with Gasteiger partial charge in [-0.3, -0.25) is 0 Å². The van der Waals surface area contributed by atoms with Gasteiger partial charge in [0, 0.05) is 16.2 Å². The maximum atomic E-state index is 12.5. The molecular weight excluding hydrogens is 276 g/mol. The summed E-state index contributed by atoms with van der Waals surface area (Å²) in [4.78, 5) is 12.5. The average Bonchev–Trinajstić information content (AvgIpc) is 3.04. The molecule has 5 aromatic rings. The molecule has 0 atom stereocenters. The van der Waals surface area contributed by atoms with Crippen LogP contribution in [0.2, 0.25) is 0 Å². The average molecular weight is 286 g/mol. The van der Waals surface area contributed by atoms with Crippen LogP contribution in [-0.4, -0.2) is 0 Å². The van der Waals surface area contributed by atoms with Crippen molar-refractivity contribution in [2.75, 3.05) is 0 Å². The minimum absolute atomic E-state index is 0.362. The Morgan fingerprint density at radius 1 is 0.682 bits per heavy atom. The Hall–Kier alpha value is -3.07. The van der Waals surface area contributed by atoms with Crippen LogP contribution in [0.25, 0.3) is 43.5 Å². The first-order valence-electron chi connectivity index (χ1n) is 7.08. The molecule has 3 nitrogen and oxygen atoms in total. The van der Waals surface area contributed by atoms with Crippen molar-refractivity contribution in [1.29, 1.82) is 0 Å². The van der Waals surface area contributed by atoms with Gasteiger partial charge in [0.05, 0.1) is 6.26 Å². The topological polar surface area (TPSA) is 43.4 Å². The van der Waals surface area contributed by atoms with Gasteiger partial charge in [-0.1, -0.05) is 42.5 Å². The lowest BCUT2D eigenvalue weighted by Gasteiger charge is -2.07. The minimum atomic E-state index is -0.362. The maximum absolute atomic E-state index is 12.5. The van der Waals surface area contributed by atoms with E-state index in [1.807, 2.05) is 48.5 Å². The van der Waals surface area contributed by atoms with Crippen molar-refractivity contribution in [3.63, 3.8) is 0 Å². The van der Waals surface area contributed by atoms with Crippen molar-refractivity contribution < 1.29 is 8.83 Å². The molecule has 22 heavy (non-hydrogen) atoms. The molecule has 0 aliphatic rings. The molecule has 5 rings (SSSR count). The molecular formula is C19H10O3. The Balaban J connectivity index is 2.31. The molecule has 0 radical (unpaired) electrons. The summed E-state index contributed by atoms with van der Waals surface area (Å²) in [7, 11) is 0. The molecule has 0 saturated heterocycles. The van der Waals surface area contributed by atoms with E-state index in [0.29, 0.717) is 16.6 Å². The van der Waals surface area contributed by atoms with E-state index >= 15 is 0 Å². The zero-order valence-corrected chi connectivity index (χ0v) is 11.5. The number of furan rings is 1. The molecule has 0 unspecified atom stereocenters. The highest BCUT2D eigenvalue weighted by atomic mass is 16.4. The first kappa shape index (κ1) is 11.6. The molecule has 0 spiro atoms. The van der Waals surface area contributed by atoms with E-state index in [9.17, 15) is 4.79 Å². The van der Waals surface area contributed by atoms with E-state index in [1.165, 1.54) is 0 Å². The first-order chi connectivity index (χ1) is 10.8. The van der Waals surface area contributed by atoms with Gasteiger partial charge in [0.2, 0.25) is 0 Å². The molecule has 0 N–H and O–H groups in total. The fourth-order valence-electron chi connectivity index (χ4n) is 3.29. The predicted molar refractivity (Wildman–Crippen MR) is 87.3 cm³/mol. The van der Waals surface area contributed by atoms with Crippen molar-refractivity contribution in [3.05, 3.63) is 71.3 Å². The van der Waals surface area contributed by atoms with Gasteiger partial charge in [-0.15, -0.1) is 0 Å². The Morgan fingerprint density at radius 2 is 1.41 bits per heavy atom. The summed E-state index contributed by atoms with van der Waals surface area (Å²) in [5.74, 6) is 0. The Bertz CT molecular complexity index is 1240. The van der Waals surface area contributed by atoms with Gasteiger partial charge >= 0.3 is 5.63 Å². The SMILES string of the molecule is O=c1oc2ccccc2c2c3ccccc3c3ccoc3c12. The third-order valence-electron chi connectivity index (χ3n) is 4.19. The van der Waals surface area contributed by atoms with Crippen LogP contribution in [0.3, 0.4) is 0 Å². The lowest BCUT2D eigenvalue weighted by molar-refractivity contribution is 0.566. The van der Waals surface area contributed by atoms with Crippen LogP contribution >= 0.6 is 0 Å². The molecule has 0 amide bonds. The van der Waals surface area contributed by atoms with Crippen LogP contribution in [-0.2, 0) is 0 Å². The summed E-state index contributed by atoms with van der Waals surface area (Å²) >= 11 is 0. The van der Waals surface area contributed by atoms with Crippen molar-refractivity contribution >= 4 is 43.5 Å². The third kappa shape index (κ3) is 1.33. The maximum Gasteiger partial charge on any atom is 0.348 e. The number of hydrogen-bond donors (Lipinski definition) is 0.